The van der Waals surface area contributed by atoms with E-state index < -0.39 is 0 Å². The van der Waals surface area contributed by atoms with Gasteiger partial charge in [-0.2, -0.15) is 0 Å². The average molecular weight is 283 g/mol. The number of anilines is 2. The first-order valence-corrected chi connectivity index (χ1v) is 7.50. The van der Waals surface area contributed by atoms with Crippen LogP contribution in [0.1, 0.15) is 46.0 Å². The van der Waals surface area contributed by atoms with Gasteiger partial charge in [-0.25, -0.2) is 9.97 Å². The maximum atomic E-state index is 6.29. The molecule has 2 rings (SSSR count). The Bertz CT molecular complexity index is 416. The van der Waals surface area contributed by atoms with Gasteiger partial charge in [0.2, 0.25) is 0 Å². The van der Waals surface area contributed by atoms with E-state index in [4.69, 9.17) is 17.3 Å². The van der Waals surface area contributed by atoms with Crippen LogP contribution >= 0.6 is 11.6 Å². The van der Waals surface area contributed by atoms with Gasteiger partial charge in [-0.15, -0.1) is 0 Å². The molecule has 0 amide bonds. The third-order valence-corrected chi connectivity index (χ3v) is 4.15. The van der Waals surface area contributed by atoms with Crippen molar-refractivity contribution in [3.8, 4) is 0 Å². The first-order chi connectivity index (χ1) is 9.09. The first-order valence-electron chi connectivity index (χ1n) is 7.12. The van der Waals surface area contributed by atoms with Gasteiger partial charge in [-0.05, 0) is 25.2 Å². The molecule has 1 heterocycles. The molecule has 0 unspecified atom stereocenters. The zero-order valence-electron chi connectivity index (χ0n) is 11.8. The van der Waals surface area contributed by atoms with Crippen molar-refractivity contribution < 1.29 is 0 Å². The Hall–Kier alpha value is -1.03. The molecule has 1 fully saturated rings. The lowest BCUT2D eigenvalue weighted by atomic mass is 10.1. The van der Waals surface area contributed by atoms with Crippen molar-refractivity contribution in [3.05, 3.63) is 11.3 Å². The zero-order chi connectivity index (χ0) is 13.8. The minimum atomic E-state index is 0.374. The third-order valence-electron chi connectivity index (χ3n) is 3.78. The molecular weight excluding hydrogens is 260 g/mol. The molecule has 0 radical (unpaired) electrons. The van der Waals surface area contributed by atoms with Crippen molar-refractivity contribution in [3.63, 3.8) is 0 Å². The Kier molecular flexibility index (Phi) is 4.86. The van der Waals surface area contributed by atoms with Crippen molar-refractivity contribution in [2.75, 3.05) is 17.2 Å². The summed E-state index contributed by atoms with van der Waals surface area (Å²) in [5, 5.41) is 0.498. The molecule has 0 atom stereocenters. The zero-order valence-corrected chi connectivity index (χ0v) is 12.5. The number of hydrogen-bond donors (Lipinski definition) is 1. The number of hydrogen-bond acceptors (Lipinski definition) is 4. The monoisotopic (exact) mass is 282 g/mol. The summed E-state index contributed by atoms with van der Waals surface area (Å²) in [6, 6.07) is 0.547. The fourth-order valence-corrected chi connectivity index (χ4v) is 2.85. The second-order valence-electron chi connectivity index (χ2n) is 5.71. The molecule has 0 bridgehead atoms. The van der Waals surface area contributed by atoms with Crippen molar-refractivity contribution in [1.29, 1.82) is 0 Å². The van der Waals surface area contributed by atoms with E-state index in [0.717, 1.165) is 18.8 Å². The predicted molar refractivity (Wildman–Crippen MR) is 80.5 cm³/mol. The molecule has 1 aromatic rings. The lowest BCUT2D eigenvalue weighted by molar-refractivity contribution is 0.525. The molecule has 0 saturated heterocycles. The Morgan fingerprint density at radius 2 is 2.05 bits per heavy atom. The molecule has 1 aliphatic rings. The summed E-state index contributed by atoms with van der Waals surface area (Å²) in [5.41, 5.74) is 5.80. The SMILES string of the molecule is CC(C)CCN(c1ncnc(N)c1Cl)C1CCCC1. The Labute approximate surface area is 120 Å². The molecule has 2 N–H and O–H groups in total. The second kappa shape index (κ2) is 6.42. The maximum absolute atomic E-state index is 6.29. The van der Waals surface area contributed by atoms with Crippen LogP contribution in [0.2, 0.25) is 5.02 Å². The molecule has 1 saturated carbocycles. The summed E-state index contributed by atoms with van der Waals surface area (Å²) in [6.07, 6.45) is 7.67. The lowest BCUT2D eigenvalue weighted by Crippen LogP contribution is -2.35. The van der Waals surface area contributed by atoms with Crippen LogP contribution in [0.25, 0.3) is 0 Å². The summed E-state index contributed by atoms with van der Waals surface area (Å²) in [6.45, 7) is 5.46. The van der Waals surface area contributed by atoms with Crippen LogP contribution in [0.3, 0.4) is 0 Å². The molecule has 1 aromatic heterocycles. The van der Waals surface area contributed by atoms with Gasteiger partial charge in [0.05, 0.1) is 0 Å². The largest absolute Gasteiger partial charge is 0.382 e. The van der Waals surface area contributed by atoms with E-state index in [-0.39, 0.29) is 0 Å². The number of nitrogen functional groups attached to an aromatic ring is 1. The summed E-state index contributed by atoms with van der Waals surface area (Å²) in [7, 11) is 0. The van der Waals surface area contributed by atoms with E-state index in [0.29, 0.717) is 22.8 Å². The molecule has 106 valence electrons. The lowest BCUT2D eigenvalue weighted by Gasteiger charge is -2.31. The molecule has 19 heavy (non-hydrogen) atoms. The minimum Gasteiger partial charge on any atom is -0.382 e. The van der Waals surface area contributed by atoms with E-state index in [9.17, 15) is 0 Å². The van der Waals surface area contributed by atoms with Crippen LogP contribution in [0.5, 0.6) is 0 Å². The summed E-state index contributed by atoms with van der Waals surface area (Å²) in [4.78, 5) is 10.7. The van der Waals surface area contributed by atoms with E-state index >= 15 is 0 Å². The average Bonchev–Trinajstić information content (AvgIpc) is 2.88. The summed E-state index contributed by atoms with van der Waals surface area (Å²) in [5.74, 6) is 1.85. The van der Waals surface area contributed by atoms with Gasteiger partial charge in [-0.3, -0.25) is 0 Å². The van der Waals surface area contributed by atoms with Gasteiger partial charge in [0.25, 0.3) is 0 Å². The van der Waals surface area contributed by atoms with Gasteiger partial charge >= 0.3 is 0 Å². The molecule has 5 heteroatoms. The first kappa shape index (κ1) is 14.4. The Balaban J connectivity index is 2.22. The highest BCUT2D eigenvalue weighted by Gasteiger charge is 2.26. The number of rotatable bonds is 5. The van der Waals surface area contributed by atoms with E-state index in [1.807, 2.05) is 0 Å². The number of aromatic nitrogens is 2. The van der Waals surface area contributed by atoms with Crippen molar-refractivity contribution in [1.82, 2.24) is 9.97 Å². The molecule has 0 aliphatic heterocycles. The highest BCUT2D eigenvalue weighted by atomic mass is 35.5. The number of nitrogens with two attached hydrogens (primary N) is 1. The van der Waals surface area contributed by atoms with Crippen LogP contribution in [-0.2, 0) is 0 Å². The van der Waals surface area contributed by atoms with E-state index in [2.05, 4.69) is 28.7 Å². The second-order valence-corrected chi connectivity index (χ2v) is 6.09. The van der Waals surface area contributed by atoms with Crippen LogP contribution in [0.15, 0.2) is 6.33 Å². The number of halogens is 1. The van der Waals surface area contributed by atoms with Crippen LogP contribution in [0, 0.1) is 5.92 Å². The van der Waals surface area contributed by atoms with E-state index in [1.165, 1.54) is 32.0 Å². The van der Waals surface area contributed by atoms with Crippen LogP contribution < -0.4 is 10.6 Å². The quantitative estimate of drug-likeness (QED) is 0.898. The van der Waals surface area contributed by atoms with Gasteiger partial charge in [0.1, 0.15) is 17.2 Å². The smallest absolute Gasteiger partial charge is 0.153 e. The fourth-order valence-electron chi connectivity index (χ4n) is 2.65. The van der Waals surface area contributed by atoms with Gasteiger partial charge in [0, 0.05) is 12.6 Å². The van der Waals surface area contributed by atoms with Gasteiger partial charge in [-0.1, -0.05) is 38.3 Å². The summed E-state index contributed by atoms with van der Waals surface area (Å²) < 4.78 is 0. The maximum Gasteiger partial charge on any atom is 0.153 e. The predicted octanol–water partition coefficient (Wildman–Crippen LogP) is 3.51. The van der Waals surface area contributed by atoms with Crippen molar-refractivity contribution in [2.24, 2.45) is 5.92 Å². The van der Waals surface area contributed by atoms with Crippen LogP contribution in [-0.4, -0.2) is 22.6 Å². The highest BCUT2D eigenvalue weighted by Crippen LogP contribution is 2.33. The molecule has 0 aromatic carbocycles. The van der Waals surface area contributed by atoms with Gasteiger partial charge < -0.3 is 10.6 Å². The van der Waals surface area contributed by atoms with Crippen LogP contribution in [0.4, 0.5) is 11.6 Å². The molecule has 1 aliphatic carbocycles. The molecular formula is C14H23ClN4. The highest BCUT2D eigenvalue weighted by molar-refractivity contribution is 6.35. The molecule has 0 spiro atoms. The standard InChI is InChI=1S/C14H23ClN4/c1-10(2)7-8-19(11-5-3-4-6-11)14-12(15)13(16)17-9-18-14/h9-11H,3-8H2,1-2H3,(H2,16,17,18). The van der Waals surface area contributed by atoms with Gasteiger partial charge in [0.15, 0.2) is 5.82 Å². The minimum absolute atomic E-state index is 0.374. The van der Waals surface area contributed by atoms with Crippen molar-refractivity contribution in [2.45, 2.75) is 52.0 Å². The summed E-state index contributed by atoms with van der Waals surface area (Å²) >= 11 is 6.29. The van der Waals surface area contributed by atoms with E-state index in [1.54, 1.807) is 0 Å². The van der Waals surface area contributed by atoms with Crippen molar-refractivity contribution >= 4 is 23.2 Å². The topological polar surface area (TPSA) is 55.0 Å². The third kappa shape index (κ3) is 3.50. The number of nitrogens with zero attached hydrogens (tertiary/aromatic N) is 3. The fraction of sp³-hybridized carbons (Fsp3) is 0.714. The Morgan fingerprint density at radius 3 is 2.68 bits per heavy atom. The molecule has 4 nitrogen and oxygen atoms in total. The Morgan fingerprint density at radius 1 is 1.37 bits per heavy atom. The normalized spacial score (nSPS) is 16.2.